The first-order valence-corrected chi connectivity index (χ1v) is 7.36. The van der Waals surface area contributed by atoms with Crippen molar-refractivity contribution in [3.63, 3.8) is 0 Å². The van der Waals surface area contributed by atoms with Gasteiger partial charge in [0.25, 0.3) is 0 Å². The molecule has 7 nitrogen and oxygen atoms in total. The van der Waals surface area contributed by atoms with E-state index in [2.05, 4.69) is 21.5 Å². The van der Waals surface area contributed by atoms with Gasteiger partial charge in [0, 0.05) is 30.9 Å². The second-order valence-corrected chi connectivity index (χ2v) is 5.65. The van der Waals surface area contributed by atoms with Crippen LogP contribution in [-0.4, -0.2) is 32.4 Å². The van der Waals surface area contributed by atoms with Gasteiger partial charge in [-0.05, 0) is 12.5 Å². The molecule has 0 saturated heterocycles. The van der Waals surface area contributed by atoms with E-state index >= 15 is 0 Å². The van der Waals surface area contributed by atoms with Crippen LogP contribution in [0.5, 0.6) is 0 Å². The molecule has 0 fully saturated rings. The Morgan fingerprint density at radius 1 is 1.40 bits per heavy atom. The summed E-state index contributed by atoms with van der Waals surface area (Å²) in [5.74, 6) is 4.86. The van der Waals surface area contributed by atoms with Crippen LogP contribution in [0.15, 0.2) is 23.4 Å². The Morgan fingerprint density at radius 3 is 2.80 bits per heavy atom. The molecule has 1 heterocycles. The number of nitrogens with two attached hydrogens (primary N) is 2. The molecule has 0 radical (unpaired) electrons. The predicted molar refractivity (Wildman–Crippen MR) is 73.8 cm³/mol. The number of primary amides is 1. The molecular weight excluding hydrogens is 280 g/mol. The number of nitrogens with zero attached hydrogens (tertiary/aromatic N) is 1. The monoisotopic (exact) mass is 296 g/mol. The smallest absolute Gasteiger partial charge is 0.242 e. The zero-order chi connectivity index (χ0) is 15.0. The van der Waals surface area contributed by atoms with E-state index in [0.29, 0.717) is 12.0 Å². The van der Waals surface area contributed by atoms with Crippen LogP contribution < -0.4 is 16.2 Å². The van der Waals surface area contributed by atoms with Gasteiger partial charge in [-0.1, -0.05) is 11.8 Å². The minimum atomic E-state index is -3.67. The molecule has 0 saturated carbocycles. The van der Waals surface area contributed by atoms with Crippen molar-refractivity contribution in [2.24, 2.45) is 11.5 Å². The molecule has 108 valence electrons. The standard InChI is InChI=1S/C12H16N4O3S/c13-5-1-3-10-7-11(9-15-8-10)20(18,19)16-6-2-4-12(14)17/h7-9,16H,2,4-6,13H2,(H2,14,17). The van der Waals surface area contributed by atoms with Gasteiger partial charge in [-0.2, -0.15) is 0 Å². The average Bonchev–Trinajstić information content (AvgIpc) is 2.41. The maximum Gasteiger partial charge on any atom is 0.242 e. The number of hydrogen-bond donors (Lipinski definition) is 3. The van der Waals surface area contributed by atoms with Crippen molar-refractivity contribution in [3.05, 3.63) is 24.0 Å². The number of hydrogen-bond acceptors (Lipinski definition) is 5. The van der Waals surface area contributed by atoms with Gasteiger partial charge in [0.1, 0.15) is 4.90 Å². The molecule has 5 N–H and O–H groups in total. The van der Waals surface area contributed by atoms with Crippen LogP contribution >= 0.6 is 0 Å². The quantitative estimate of drug-likeness (QED) is 0.455. The first kappa shape index (κ1) is 16.1. The Labute approximate surface area is 117 Å². The van der Waals surface area contributed by atoms with Gasteiger partial charge < -0.3 is 11.5 Å². The highest BCUT2D eigenvalue weighted by atomic mass is 32.2. The van der Waals surface area contributed by atoms with Crippen molar-refractivity contribution in [2.75, 3.05) is 13.1 Å². The van der Waals surface area contributed by atoms with Crippen LogP contribution in [0.25, 0.3) is 0 Å². The van der Waals surface area contributed by atoms with Gasteiger partial charge in [0.2, 0.25) is 15.9 Å². The lowest BCUT2D eigenvalue weighted by Crippen LogP contribution is -2.26. The summed E-state index contributed by atoms with van der Waals surface area (Å²) in [6.07, 6.45) is 3.15. The van der Waals surface area contributed by atoms with Crippen LogP contribution in [0.4, 0.5) is 0 Å². The molecule has 0 unspecified atom stereocenters. The molecule has 0 aliphatic rings. The summed E-state index contributed by atoms with van der Waals surface area (Å²) in [5, 5.41) is 0. The van der Waals surface area contributed by atoms with E-state index in [4.69, 9.17) is 11.5 Å². The Bertz CT molecular complexity index is 632. The van der Waals surface area contributed by atoms with Gasteiger partial charge in [-0.3, -0.25) is 9.78 Å². The zero-order valence-corrected chi connectivity index (χ0v) is 11.6. The van der Waals surface area contributed by atoms with Gasteiger partial charge in [-0.15, -0.1) is 0 Å². The highest BCUT2D eigenvalue weighted by Gasteiger charge is 2.14. The van der Waals surface area contributed by atoms with Crippen LogP contribution in [0, 0.1) is 11.8 Å². The number of sulfonamides is 1. The molecule has 20 heavy (non-hydrogen) atoms. The predicted octanol–water partition coefficient (Wildman–Crippen LogP) is -1.06. The van der Waals surface area contributed by atoms with E-state index in [1.165, 1.54) is 18.5 Å². The summed E-state index contributed by atoms with van der Waals surface area (Å²) < 4.78 is 26.3. The second-order valence-electron chi connectivity index (χ2n) is 3.88. The lowest BCUT2D eigenvalue weighted by molar-refractivity contribution is -0.118. The number of aromatic nitrogens is 1. The number of amides is 1. The molecule has 0 aliphatic carbocycles. The number of rotatable bonds is 6. The normalized spacial score (nSPS) is 10.7. The molecule has 1 amide bonds. The van der Waals surface area contributed by atoms with Crippen LogP contribution in [0.2, 0.25) is 0 Å². The van der Waals surface area contributed by atoms with Crippen molar-refractivity contribution in [1.82, 2.24) is 9.71 Å². The minimum absolute atomic E-state index is 0.0143. The maximum atomic E-state index is 12.0. The topological polar surface area (TPSA) is 128 Å². The third-order valence-corrected chi connectivity index (χ3v) is 3.68. The van der Waals surface area contributed by atoms with Gasteiger partial charge in [0.05, 0.1) is 6.54 Å². The fourth-order valence-electron chi connectivity index (χ4n) is 1.34. The fraction of sp³-hybridized carbons (Fsp3) is 0.333. The van der Waals surface area contributed by atoms with Gasteiger partial charge in [0.15, 0.2) is 0 Å². The van der Waals surface area contributed by atoms with Crippen molar-refractivity contribution in [2.45, 2.75) is 17.7 Å². The fourth-order valence-corrected chi connectivity index (χ4v) is 2.40. The van der Waals surface area contributed by atoms with E-state index in [0.717, 1.165) is 0 Å². The molecule has 0 atom stereocenters. The molecule has 1 aromatic rings. The van der Waals surface area contributed by atoms with E-state index in [-0.39, 0.29) is 24.4 Å². The summed E-state index contributed by atoms with van der Waals surface area (Å²) in [5.41, 5.74) is 10.7. The first-order chi connectivity index (χ1) is 9.45. The molecular formula is C12H16N4O3S. The van der Waals surface area contributed by atoms with Crippen LogP contribution in [0.3, 0.4) is 0 Å². The van der Waals surface area contributed by atoms with Crippen LogP contribution in [-0.2, 0) is 14.8 Å². The number of nitrogens with one attached hydrogen (secondary N) is 1. The summed E-state index contributed by atoms with van der Waals surface area (Å²) in [6, 6.07) is 1.41. The highest BCUT2D eigenvalue weighted by molar-refractivity contribution is 7.89. The third kappa shape index (κ3) is 5.36. The van der Waals surface area contributed by atoms with Gasteiger partial charge in [-0.25, -0.2) is 13.1 Å². The Hall–Kier alpha value is -1.95. The summed E-state index contributed by atoms with van der Waals surface area (Å²) in [4.78, 5) is 14.4. The van der Waals surface area contributed by atoms with E-state index in [1.807, 2.05) is 0 Å². The molecule has 0 aliphatic heterocycles. The number of carbonyl (C=O) groups excluding carboxylic acids is 1. The Balaban J connectivity index is 2.74. The summed E-state index contributed by atoms with van der Waals surface area (Å²) in [6.45, 7) is 0.312. The molecule has 1 rings (SSSR count). The lowest BCUT2D eigenvalue weighted by atomic mass is 10.3. The zero-order valence-electron chi connectivity index (χ0n) is 10.8. The largest absolute Gasteiger partial charge is 0.370 e. The average molecular weight is 296 g/mol. The van der Waals surface area contributed by atoms with Crippen molar-refractivity contribution in [1.29, 1.82) is 0 Å². The Morgan fingerprint density at radius 2 is 2.15 bits per heavy atom. The maximum absolute atomic E-state index is 12.0. The SMILES string of the molecule is NCC#Cc1cncc(S(=O)(=O)NCCCC(N)=O)c1. The molecule has 0 aromatic carbocycles. The van der Waals surface area contributed by atoms with Crippen molar-refractivity contribution >= 4 is 15.9 Å². The first-order valence-electron chi connectivity index (χ1n) is 5.87. The molecule has 1 aromatic heterocycles. The Kier molecular flexibility index (Phi) is 6.11. The lowest BCUT2D eigenvalue weighted by Gasteiger charge is -2.06. The van der Waals surface area contributed by atoms with Crippen LogP contribution in [0.1, 0.15) is 18.4 Å². The number of carbonyl (C=O) groups is 1. The van der Waals surface area contributed by atoms with Crippen molar-refractivity contribution in [3.8, 4) is 11.8 Å². The van der Waals surface area contributed by atoms with E-state index in [9.17, 15) is 13.2 Å². The third-order valence-electron chi connectivity index (χ3n) is 2.25. The second kappa shape index (κ2) is 7.59. The van der Waals surface area contributed by atoms with E-state index < -0.39 is 15.9 Å². The summed E-state index contributed by atoms with van der Waals surface area (Å²) >= 11 is 0. The van der Waals surface area contributed by atoms with E-state index in [1.54, 1.807) is 0 Å². The molecule has 0 bridgehead atoms. The highest BCUT2D eigenvalue weighted by Crippen LogP contribution is 2.08. The molecule has 0 spiro atoms. The minimum Gasteiger partial charge on any atom is -0.370 e. The van der Waals surface area contributed by atoms with Crippen molar-refractivity contribution < 1.29 is 13.2 Å². The van der Waals surface area contributed by atoms with Gasteiger partial charge >= 0.3 is 0 Å². The number of pyridine rings is 1. The molecule has 8 heteroatoms. The summed E-state index contributed by atoms with van der Waals surface area (Å²) in [7, 11) is -3.67.